The summed E-state index contributed by atoms with van der Waals surface area (Å²) in [5.41, 5.74) is 2.19. The van der Waals surface area contributed by atoms with E-state index in [1.54, 1.807) is 11.3 Å². The summed E-state index contributed by atoms with van der Waals surface area (Å²) in [4.78, 5) is 10.2. The third kappa shape index (κ3) is 3.46. The molecule has 0 saturated carbocycles. The van der Waals surface area contributed by atoms with Gasteiger partial charge in [0.05, 0.1) is 5.52 Å². The SMILES string of the molecule is CC(C)CNCc1cnc(-c2ccc3ncccc3c2)s1. The third-order valence-corrected chi connectivity index (χ3v) is 4.30. The second-order valence-corrected chi connectivity index (χ2v) is 6.68. The highest BCUT2D eigenvalue weighted by atomic mass is 32.1. The van der Waals surface area contributed by atoms with Crippen LogP contribution in [0.5, 0.6) is 0 Å². The Morgan fingerprint density at radius 2 is 2.10 bits per heavy atom. The van der Waals surface area contributed by atoms with Gasteiger partial charge in [-0.3, -0.25) is 4.98 Å². The number of rotatable bonds is 5. The summed E-state index contributed by atoms with van der Waals surface area (Å²) >= 11 is 1.75. The van der Waals surface area contributed by atoms with Gasteiger partial charge in [-0.05, 0) is 36.7 Å². The molecule has 0 bridgehead atoms. The molecule has 3 aromatic rings. The van der Waals surface area contributed by atoms with E-state index in [0.717, 1.165) is 34.6 Å². The summed E-state index contributed by atoms with van der Waals surface area (Å²) in [6.07, 6.45) is 3.80. The second kappa shape index (κ2) is 6.33. The van der Waals surface area contributed by atoms with Crippen LogP contribution in [0, 0.1) is 5.92 Å². The number of benzene rings is 1. The second-order valence-electron chi connectivity index (χ2n) is 5.57. The topological polar surface area (TPSA) is 37.8 Å². The molecule has 2 heterocycles. The number of nitrogens with one attached hydrogen (secondary N) is 1. The van der Waals surface area contributed by atoms with E-state index in [1.807, 2.05) is 18.5 Å². The first-order valence-electron chi connectivity index (χ1n) is 7.23. The van der Waals surface area contributed by atoms with Crippen molar-refractivity contribution in [1.29, 1.82) is 0 Å². The van der Waals surface area contributed by atoms with Crippen LogP contribution in [0.25, 0.3) is 21.5 Å². The maximum atomic E-state index is 4.55. The number of pyridine rings is 1. The van der Waals surface area contributed by atoms with Gasteiger partial charge in [-0.1, -0.05) is 19.9 Å². The van der Waals surface area contributed by atoms with E-state index in [9.17, 15) is 0 Å². The van der Waals surface area contributed by atoms with Crippen molar-refractivity contribution in [3.63, 3.8) is 0 Å². The van der Waals surface area contributed by atoms with Crippen molar-refractivity contribution in [2.75, 3.05) is 6.54 Å². The fourth-order valence-electron chi connectivity index (χ4n) is 2.22. The molecular formula is C17H19N3S. The van der Waals surface area contributed by atoms with Crippen LogP contribution in [0.2, 0.25) is 0 Å². The Hall–Kier alpha value is -1.78. The molecule has 0 fully saturated rings. The Morgan fingerprint density at radius 1 is 1.19 bits per heavy atom. The lowest BCUT2D eigenvalue weighted by Gasteiger charge is -2.04. The van der Waals surface area contributed by atoms with Crippen molar-refractivity contribution in [2.24, 2.45) is 5.92 Å². The highest BCUT2D eigenvalue weighted by Crippen LogP contribution is 2.27. The van der Waals surface area contributed by atoms with E-state index in [1.165, 1.54) is 4.88 Å². The lowest BCUT2D eigenvalue weighted by molar-refractivity contribution is 0.554. The molecular weight excluding hydrogens is 278 g/mol. The van der Waals surface area contributed by atoms with Gasteiger partial charge >= 0.3 is 0 Å². The fourth-order valence-corrected chi connectivity index (χ4v) is 3.09. The molecule has 108 valence electrons. The minimum absolute atomic E-state index is 0.672. The number of hydrogen-bond donors (Lipinski definition) is 1. The summed E-state index contributed by atoms with van der Waals surface area (Å²) in [6, 6.07) is 10.4. The van der Waals surface area contributed by atoms with Crippen LogP contribution in [0.4, 0.5) is 0 Å². The molecule has 1 N–H and O–H groups in total. The first kappa shape index (κ1) is 14.2. The zero-order valence-electron chi connectivity index (χ0n) is 12.3. The van der Waals surface area contributed by atoms with Gasteiger partial charge in [-0.25, -0.2) is 4.98 Å². The van der Waals surface area contributed by atoms with E-state index in [-0.39, 0.29) is 0 Å². The van der Waals surface area contributed by atoms with Crippen molar-refractivity contribution in [2.45, 2.75) is 20.4 Å². The van der Waals surface area contributed by atoms with Crippen LogP contribution in [0.1, 0.15) is 18.7 Å². The van der Waals surface area contributed by atoms with E-state index in [4.69, 9.17) is 0 Å². The molecule has 0 atom stereocenters. The van der Waals surface area contributed by atoms with Gasteiger partial charge < -0.3 is 5.32 Å². The number of fused-ring (bicyclic) bond motifs is 1. The molecule has 3 rings (SSSR count). The van der Waals surface area contributed by atoms with Gasteiger partial charge in [0.25, 0.3) is 0 Å². The average molecular weight is 297 g/mol. The van der Waals surface area contributed by atoms with Crippen LogP contribution in [-0.2, 0) is 6.54 Å². The van der Waals surface area contributed by atoms with E-state index in [2.05, 4.69) is 53.4 Å². The quantitative estimate of drug-likeness (QED) is 0.770. The van der Waals surface area contributed by atoms with Crippen molar-refractivity contribution in [1.82, 2.24) is 15.3 Å². The van der Waals surface area contributed by atoms with E-state index < -0.39 is 0 Å². The number of aromatic nitrogens is 2. The molecule has 21 heavy (non-hydrogen) atoms. The molecule has 0 aliphatic heterocycles. The van der Waals surface area contributed by atoms with Crippen LogP contribution in [-0.4, -0.2) is 16.5 Å². The predicted molar refractivity (Wildman–Crippen MR) is 89.4 cm³/mol. The molecule has 0 radical (unpaired) electrons. The maximum absolute atomic E-state index is 4.55. The largest absolute Gasteiger partial charge is 0.312 e. The molecule has 0 unspecified atom stereocenters. The Morgan fingerprint density at radius 3 is 2.95 bits per heavy atom. The number of nitrogens with zero attached hydrogens (tertiary/aromatic N) is 2. The Balaban J connectivity index is 1.77. The van der Waals surface area contributed by atoms with Crippen LogP contribution in [0.15, 0.2) is 42.7 Å². The van der Waals surface area contributed by atoms with Gasteiger partial charge in [0.1, 0.15) is 5.01 Å². The molecule has 0 amide bonds. The van der Waals surface area contributed by atoms with Crippen LogP contribution >= 0.6 is 11.3 Å². The molecule has 1 aromatic carbocycles. The molecule has 0 spiro atoms. The smallest absolute Gasteiger partial charge is 0.123 e. The standard InChI is InChI=1S/C17H19N3S/c1-12(2)9-18-10-15-11-20-17(21-15)14-5-6-16-13(8-14)4-3-7-19-16/h3-8,11-12,18H,9-10H2,1-2H3. The summed E-state index contributed by atoms with van der Waals surface area (Å²) in [5.74, 6) is 0.672. The van der Waals surface area contributed by atoms with Crippen molar-refractivity contribution >= 4 is 22.2 Å². The molecule has 3 nitrogen and oxygen atoms in total. The summed E-state index contributed by atoms with van der Waals surface area (Å²) in [5, 5.41) is 5.68. The van der Waals surface area contributed by atoms with Crippen molar-refractivity contribution < 1.29 is 0 Å². The van der Waals surface area contributed by atoms with E-state index >= 15 is 0 Å². The molecule has 0 aliphatic rings. The minimum Gasteiger partial charge on any atom is -0.312 e. The number of thiazole rings is 1. The molecule has 4 heteroatoms. The van der Waals surface area contributed by atoms with Gasteiger partial charge in [-0.15, -0.1) is 11.3 Å². The maximum Gasteiger partial charge on any atom is 0.123 e. The lowest BCUT2D eigenvalue weighted by Crippen LogP contribution is -2.18. The molecule has 2 aromatic heterocycles. The average Bonchev–Trinajstić information content (AvgIpc) is 2.95. The van der Waals surface area contributed by atoms with Gasteiger partial charge in [0, 0.05) is 34.8 Å². The lowest BCUT2D eigenvalue weighted by atomic mass is 10.1. The van der Waals surface area contributed by atoms with Crippen molar-refractivity contribution in [3.8, 4) is 10.6 Å². The summed E-state index contributed by atoms with van der Waals surface area (Å²) < 4.78 is 0. The Bertz CT molecular complexity index is 733. The highest BCUT2D eigenvalue weighted by Gasteiger charge is 2.06. The number of hydrogen-bond acceptors (Lipinski definition) is 4. The fraction of sp³-hybridized carbons (Fsp3) is 0.294. The first-order valence-corrected chi connectivity index (χ1v) is 8.04. The van der Waals surface area contributed by atoms with Gasteiger partial charge in [0.15, 0.2) is 0 Å². The third-order valence-electron chi connectivity index (χ3n) is 3.26. The first-order chi connectivity index (χ1) is 10.2. The van der Waals surface area contributed by atoms with Crippen molar-refractivity contribution in [3.05, 3.63) is 47.6 Å². The predicted octanol–water partition coefficient (Wildman–Crippen LogP) is 4.10. The van der Waals surface area contributed by atoms with Gasteiger partial charge in [0.2, 0.25) is 0 Å². The zero-order chi connectivity index (χ0) is 14.7. The molecule has 0 aliphatic carbocycles. The highest BCUT2D eigenvalue weighted by molar-refractivity contribution is 7.15. The Labute approximate surface area is 129 Å². The monoisotopic (exact) mass is 297 g/mol. The Kier molecular flexibility index (Phi) is 4.27. The van der Waals surface area contributed by atoms with Crippen LogP contribution in [0.3, 0.4) is 0 Å². The minimum atomic E-state index is 0.672. The molecule has 0 saturated heterocycles. The zero-order valence-corrected chi connectivity index (χ0v) is 13.2. The summed E-state index contributed by atoms with van der Waals surface area (Å²) in [6.45, 7) is 6.36. The van der Waals surface area contributed by atoms with E-state index in [0.29, 0.717) is 5.92 Å². The summed E-state index contributed by atoms with van der Waals surface area (Å²) in [7, 11) is 0. The van der Waals surface area contributed by atoms with Crippen LogP contribution < -0.4 is 5.32 Å². The normalized spacial score (nSPS) is 11.4. The van der Waals surface area contributed by atoms with Gasteiger partial charge in [-0.2, -0.15) is 0 Å².